The second-order valence-electron chi connectivity index (χ2n) is 7.24. The molecule has 1 aliphatic carbocycles. The molecule has 2 aromatic rings. The van der Waals surface area contributed by atoms with Gasteiger partial charge in [0.05, 0.1) is 17.3 Å². The molecule has 0 bridgehead atoms. The lowest BCUT2D eigenvalue weighted by Gasteiger charge is -2.19. The molecule has 1 atom stereocenters. The summed E-state index contributed by atoms with van der Waals surface area (Å²) in [5.41, 5.74) is 0.510. The fourth-order valence-electron chi connectivity index (χ4n) is 3.23. The van der Waals surface area contributed by atoms with Crippen LogP contribution in [0, 0.1) is 5.82 Å². The molecule has 2 fully saturated rings. The van der Waals surface area contributed by atoms with Crippen LogP contribution in [0.3, 0.4) is 0 Å². The number of aromatic nitrogens is 3. The third-order valence-electron chi connectivity index (χ3n) is 4.64. The fourth-order valence-corrected chi connectivity index (χ4v) is 4.27. The minimum atomic E-state index is -0.246. The monoisotopic (exact) mass is 347 g/mol. The van der Waals surface area contributed by atoms with E-state index in [9.17, 15) is 4.39 Å². The Morgan fingerprint density at radius 2 is 2.04 bits per heavy atom. The molecule has 2 heterocycles. The molecule has 24 heavy (non-hydrogen) atoms. The van der Waals surface area contributed by atoms with Gasteiger partial charge in [-0.2, -0.15) is 0 Å². The van der Waals surface area contributed by atoms with Gasteiger partial charge in [0.1, 0.15) is 5.82 Å². The molecule has 1 saturated carbocycles. The zero-order valence-corrected chi connectivity index (χ0v) is 14.9. The maximum atomic E-state index is 14.2. The lowest BCUT2D eigenvalue weighted by atomic mass is 10.1. The Kier molecular flexibility index (Phi) is 4.12. The van der Waals surface area contributed by atoms with E-state index in [1.54, 1.807) is 23.9 Å². The van der Waals surface area contributed by atoms with Crippen LogP contribution in [0.25, 0.3) is 11.4 Å². The Labute approximate surface area is 145 Å². The molecule has 128 valence electrons. The van der Waals surface area contributed by atoms with Crippen molar-refractivity contribution in [2.75, 3.05) is 5.75 Å². The first-order chi connectivity index (χ1) is 11.5. The van der Waals surface area contributed by atoms with E-state index >= 15 is 0 Å². The third kappa shape index (κ3) is 3.22. The van der Waals surface area contributed by atoms with E-state index in [-0.39, 0.29) is 17.5 Å². The van der Waals surface area contributed by atoms with Crippen molar-refractivity contribution in [1.29, 1.82) is 0 Å². The zero-order valence-electron chi connectivity index (χ0n) is 14.0. The molecule has 1 aromatic carbocycles. The number of hydrogen-bond donors (Lipinski definition) is 0. The normalized spacial score (nSPS) is 22.9. The van der Waals surface area contributed by atoms with E-state index < -0.39 is 0 Å². The SMILES string of the molecule is CC1(C)CC[C@H](CSc2nnc(-c3ccccc3F)n2C2CC2)O1. The van der Waals surface area contributed by atoms with E-state index in [1.165, 1.54) is 6.07 Å². The molecule has 1 aliphatic heterocycles. The predicted octanol–water partition coefficient (Wildman–Crippen LogP) is 4.47. The number of rotatable bonds is 5. The van der Waals surface area contributed by atoms with Gasteiger partial charge in [0, 0.05) is 11.8 Å². The van der Waals surface area contributed by atoms with Crippen LogP contribution in [0.2, 0.25) is 0 Å². The average Bonchev–Trinajstić information content (AvgIpc) is 3.20. The van der Waals surface area contributed by atoms with Gasteiger partial charge in [-0.1, -0.05) is 23.9 Å². The van der Waals surface area contributed by atoms with Crippen molar-refractivity contribution in [3.63, 3.8) is 0 Å². The summed E-state index contributed by atoms with van der Waals surface area (Å²) < 4.78 is 22.3. The van der Waals surface area contributed by atoms with Gasteiger partial charge in [-0.15, -0.1) is 10.2 Å². The topological polar surface area (TPSA) is 39.9 Å². The van der Waals surface area contributed by atoms with Crippen molar-refractivity contribution in [2.24, 2.45) is 0 Å². The molecule has 0 unspecified atom stereocenters. The highest BCUT2D eigenvalue weighted by Crippen LogP contribution is 2.42. The Morgan fingerprint density at radius 1 is 1.25 bits per heavy atom. The highest BCUT2D eigenvalue weighted by Gasteiger charge is 2.34. The first kappa shape index (κ1) is 16.1. The third-order valence-corrected chi connectivity index (χ3v) is 5.72. The van der Waals surface area contributed by atoms with Crippen molar-refractivity contribution >= 4 is 11.8 Å². The molecule has 1 aromatic heterocycles. The molecule has 1 saturated heterocycles. The second-order valence-corrected chi connectivity index (χ2v) is 8.22. The predicted molar refractivity (Wildman–Crippen MR) is 92.6 cm³/mol. The molecule has 0 radical (unpaired) electrons. The lowest BCUT2D eigenvalue weighted by molar-refractivity contribution is -0.00469. The second kappa shape index (κ2) is 6.15. The summed E-state index contributed by atoms with van der Waals surface area (Å²) in [6.45, 7) is 4.28. The maximum Gasteiger partial charge on any atom is 0.191 e. The Balaban J connectivity index is 1.55. The number of nitrogens with zero attached hydrogens (tertiary/aromatic N) is 3. The van der Waals surface area contributed by atoms with E-state index in [0.29, 0.717) is 17.4 Å². The minimum absolute atomic E-state index is 0.0201. The van der Waals surface area contributed by atoms with Gasteiger partial charge in [-0.25, -0.2) is 4.39 Å². The minimum Gasteiger partial charge on any atom is -0.371 e. The Hall–Kier alpha value is -1.40. The number of hydrogen-bond acceptors (Lipinski definition) is 4. The summed E-state index contributed by atoms with van der Waals surface area (Å²) in [6.07, 6.45) is 4.65. The number of ether oxygens (including phenoxy) is 1. The highest BCUT2D eigenvalue weighted by molar-refractivity contribution is 7.99. The molecule has 2 aliphatic rings. The van der Waals surface area contributed by atoms with Crippen LogP contribution in [0.4, 0.5) is 4.39 Å². The molecule has 4 rings (SSSR count). The average molecular weight is 347 g/mol. The fraction of sp³-hybridized carbons (Fsp3) is 0.556. The first-order valence-corrected chi connectivity index (χ1v) is 9.52. The van der Waals surface area contributed by atoms with E-state index in [1.807, 2.05) is 6.07 Å². The van der Waals surface area contributed by atoms with Gasteiger partial charge < -0.3 is 4.74 Å². The van der Waals surface area contributed by atoms with E-state index in [4.69, 9.17) is 4.74 Å². The van der Waals surface area contributed by atoms with E-state index in [0.717, 1.165) is 36.6 Å². The van der Waals surface area contributed by atoms with Crippen LogP contribution in [0.15, 0.2) is 29.4 Å². The summed E-state index contributed by atoms with van der Waals surface area (Å²) >= 11 is 1.68. The molecule has 0 amide bonds. The van der Waals surface area contributed by atoms with Crippen LogP contribution >= 0.6 is 11.8 Å². The van der Waals surface area contributed by atoms with Crippen LogP contribution < -0.4 is 0 Å². The van der Waals surface area contributed by atoms with Crippen LogP contribution in [0.5, 0.6) is 0 Å². The largest absolute Gasteiger partial charge is 0.371 e. The van der Waals surface area contributed by atoms with Crippen LogP contribution in [-0.2, 0) is 4.74 Å². The van der Waals surface area contributed by atoms with Gasteiger partial charge in [-0.05, 0) is 51.7 Å². The highest BCUT2D eigenvalue weighted by atomic mass is 32.2. The summed E-state index contributed by atoms with van der Waals surface area (Å²) in [5, 5.41) is 9.52. The van der Waals surface area contributed by atoms with Gasteiger partial charge >= 0.3 is 0 Å². The summed E-state index contributed by atoms with van der Waals surface area (Å²) in [6, 6.07) is 7.19. The van der Waals surface area contributed by atoms with Gasteiger partial charge in [0.15, 0.2) is 11.0 Å². The van der Waals surface area contributed by atoms with Crippen molar-refractivity contribution in [3.05, 3.63) is 30.1 Å². The van der Waals surface area contributed by atoms with Gasteiger partial charge in [0.25, 0.3) is 0 Å². The summed E-state index contributed by atoms with van der Waals surface area (Å²) in [4.78, 5) is 0. The van der Waals surface area contributed by atoms with Crippen LogP contribution in [0.1, 0.15) is 45.6 Å². The standard InChI is InChI=1S/C18H22FN3OS/c1-18(2)10-9-13(23-18)11-24-17-21-20-16(22(17)12-7-8-12)14-5-3-4-6-15(14)19/h3-6,12-13H,7-11H2,1-2H3/t13-/m1/s1. The quantitative estimate of drug-likeness (QED) is 0.748. The maximum absolute atomic E-state index is 14.2. The molecular weight excluding hydrogens is 325 g/mol. The molecule has 4 nitrogen and oxygen atoms in total. The van der Waals surface area contributed by atoms with Crippen molar-refractivity contribution in [2.45, 2.75) is 62.4 Å². The first-order valence-electron chi connectivity index (χ1n) is 8.54. The number of thioether (sulfide) groups is 1. The molecule has 0 N–H and O–H groups in total. The van der Waals surface area contributed by atoms with Gasteiger partial charge in [0.2, 0.25) is 0 Å². The Morgan fingerprint density at radius 3 is 2.71 bits per heavy atom. The van der Waals surface area contributed by atoms with Crippen molar-refractivity contribution in [1.82, 2.24) is 14.8 Å². The number of benzene rings is 1. The molecular formula is C18H22FN3OS. The lowest BCUT2D eigenvalue weighted by Crippen LogP contribution is -2.21. The van der Waals surface area contributed by atoms with Crippen LogP contribution in [-0.4, -0.2) is 32.2 Å². The summed E-state index contributed by atoms with van der Waals surface area (Å²) in [5.74, 6) is 1.26. The smallest absolute Gasteiger partial charge is 0.191 e. The van der Waals surface area contributed by atoms with Crippen molar-refractivity contribution < 1.29 is 9.13 Å². The molecule has 0 spiro atoms. The number of halogens is 1. The zero-order chi connectivity index (χ0) is 16.7. The molecule has 6 heteroatoms. The Bertz CT molecular complexity index is 742. The van der Waals surface area contributed by atoms with Gasteiger partial charge in [-0.3, -0.25) is 4.57 Å². The summed E-state index contributed by atoms with van der Waals surface area (Å²) in [7, 11) is 0. The van der Waals surface area contributed by atoms with Crippen molar-refractivity contribution in [3.8, 4) is 11.4 Å². The van der Waals surface area contributed by atoms with E-state index in [2.05, 4.69) is 28.6 Å².